The first-order valence-electron chi connectivity index (χ1n) is 6.59. The number of likely N-dealkylation sites (N-methyl/N-ethyl adjacent to an activating group) is 1. The van der Waals surface area contributed by atoms with Crippen molar-refractivity contribution in [2.45, 2.75) is 19.4 Å². The summed E-state index contributed by atoms with van der Waals surface area (Å²) in [6.45, 7) is 4.04. The summed E-state index contributed by atoms with van der Waals surface area (Å²) < 4.78 is 0. The van der Waals surface area contributed by atoms with Crippen LogP contribution in [0.4, 0.5) is 5.69 Å². The standard InChI is InChI=1S/C16H21N3O/c1-16(2,10-20)19(3)14-9-8-13(15(17)18)11-6-4-5-7-12(11)14/h4-9,20H,10H2,1-3H3,(H3,17,18). The Hall–Kier alpha value is -2.07. The molecule has 0 radical (unpaired) electrons. The molecule has 0 heterocycles. The van der Waals surface area contributed by atoms with Gasteiger partial charge in [0, 0.05) is 23.7 Å². The Labute approximate surface area is 119 Å². The molecule has 0 atom stereocenters. The number of rotatable bonds is 4. The molecule has 0 saturated carbocycles. The van der Waals surface area contributed by atoms with Crippen molar-refractivity contribution in [2.75, 3.05) is 18.6 Å². The van der Waals surface area contributed by atoms with E-state index in [2.05, 4.69) is 4.90 Å². The smallest absolute Gasteiger partial charge is 0.123 e. The van der Waals surface area contributed by atoms with Crippen molar-refractivity contribution in [1.29, 1.82) is 5.41 Å². The summed E-state index contributed by atoms with van der Waals surface area (Å²) >= 11 is 0. The van der Waals surface area contributed by atoms with Crippen LogP contribution < -0.4 is 10.6 Å². The third-order valence-electron chi connectivity index (χ3n) is 3.85. The molecule has 0 bridgehead atoms. The first-order valence-corrected chi connectivity index (χ1v) is 6.59. The summed E-state index contributed by atoms with van der Waals surface area (Å²) in [6.07, 6.45) is 0. The molecular weight excluding hydrogens is 250 g/mol. The zero-order valence-electron chi connectivity index (χ0n) is 12.1. The number of hydrogen-bond acceptors (Lipinski definition) is 3. The summed E-state index contributed by atoms with van der Waals surface area (Å²) in [5, 5.41) is 19.2. The Morgan fingerprint density at radius 3 is 2.35 bits per heavy atom. The lowest BCUT2D eigenvalue weighted by atomic mass is 9.98. The van der Waals surface area contributed by atoms with Crippen LogP contribution in [0.3, 0.4) is 0 Å². The molecule has 2 rings (SSSR count). The van der Waals surface area contributed by atoms with Crippen molar-refractivity contribution in [1.82, 2.24) is 0 Å². The lowest BCUT2D eigenvalue weighted by Gasteiger charge is -2.36. The highest BCUT2D eigenvalue weighted by atomic mass is 16.3. The van der Waals surface area contributed by atoms with E-state index in [-0.39, 0.29) is 18.0 Å². The molecule has 0 aliphatic rings. The van der Waals surface area contributed by atoms with Gasteiger partial charge in [0.15, 0.2) is 0 Å². The molecule has 0 unspecified atom stereocenters. The van der Waals surface area contributed by atoms with Gasteiger partial charge in [-0.05, 0) is 31.4 Å². The molecule has 0 fully saturated rings. The van der Waals surface area contributed by atoms with Crippen LogP contribution >= 0.6 is 0 Å². The molecule has 2 aromatic rings. The third kappa shape index (κ3) is 2.34. The maximum atomic E-state index is 9.54. The van der Waals surface area contributed by atoms with Gasteiger partial charge in [-0.15, -0.1) is 0 Å². The second-order valence-electron chi connectivity index (χ2n) is 5.62. The molecule has 0 aliphatic carbocycles. The van der Waals surface area contributed by atoms with Gasteiger partial charge in [-0.1, -0.05) is 24.3 Å². The van der Waals surface area contributed by atoms with Gasteiger partial charge in [0.1, 0.15) is 5.84 Å². The van der Waals surface area contributed by atoms with Crippen molar-refractivity contribution < 1.29 is 5.11 Å². The molecular formula is C16H21N3O. The van der Waals surface area contributed by atoms with Crippen molar-refractivity contribution in [3.8, 4) is 0 Å². The SMILES string of the molecule is CN(c1ccc(C(=N)N)c2ccccc12)C(C)(C)CO. The molecule has 0 aromatic heterocycles. The maximum absolute atomic E-state index is 9.54. The van der Waals surface area contributed by atoms with Crippen molar-refractivity contribution in [3.05, 3.63) is 42.0 Å². The van der Waals surface area contributed by atoms with Gasteiger partial charge in [-0.2, -0.15) is 0 Å². The monoisotopic (exact) mass is 271 g/mol. The minimum Gasteiger partial charge on any atom is -0.394 e. The average molecular weight is 271 g/mol. The van der Waals surface area contributed by atoms with Crippen LogP contribution in [0.5, 0.6) is 0 Å². The Bertz CT molecular complexity index is 649. The van der Waals surface area contributed by atoms with Crippen LogP contribution in [0.15, 0.2) is 36.4 Å². The lowest BCUT2D eigenvalue weighted by molar-refractivity contribution is 0.216. The topological polar surface area (TPSA) is 73.3 Å². The molecule has 0 aliphatic heterocycles. The molecule has 4 N–H and O–H groups in total. The van der Waals surface area contributed by atoms with E-state index < -0.39 is 0 Å². The van der Waals surface area contributed by atoms with Gasteiger partial charge in [0.25, 0.3) is 0 Å². The van der Waals surface area contributed by atoms with E-state index in [9.17, 15) is 5.11 Å². The highest BCUT2D eigenvalue weighted by Gasteiger charge is 2.24. The summed E-state index contributed by atoms with van der Waals surface area (Å²) in [6, 6.07) is 11.7. The largest absolute Gasteiger partial charge is 0.394 e. The first kappa shape index (κ1) is 14.3. The van der Waals surface area contributed by atoms with E-state index in [0.29, 0.717) is 0 Å². The van der Waals surface area contributed by atoms with Gasteiger partial charge in [0.2, 0.25) is 0 Å². The molecule has 106 valence electrons. The number of nitrogens with two attached hydrogens (primary N) is 1. The van der Waals surface area contributed by atoms with E-state index in [1.165, 1.54) is 0 Å². The summed E-state index contributed by atoms with van der Waals surface area (Å²) in [7, 11) is 1.96. The Balaban J connectivity index is 2.68. The first-order chi connectivity index (χ1) is 9.38. The van der Waals surface area contributed by atoms with Crippen LogP contribution in [0.25, 0.3) is 10.8 Å². The van der Waals surface area contributed by atoms with Gasteiger partial charge < -0.3 is 15.7 Å². The van der Waals surface area contributed by atoms with Crippen molar-refractivity contribution in [3.63, 3.8) is 0 Å². The van der Waals surface area contributed by atoms with Crippen LogP contribution in [0, 0.1) is 5.41 Å². The second kappa shape index (κ2) is 5.13. The number of aliphatic hydroxyl groups is 1. The normalized spacial score (nSPS) is 11.6. The quantitative estimate of drug-likeness (QED) is 0.590. The van der Waals surface area contributed by atoms with Gasteiger partial charge in [0.05, 0.1) is 12.1 Å². The maximum Gasteiger partial charge on any atom is 0.123 e. The minimum absolute atomic E-state index is 0.0618. The summed E-state index contributed by atoms with van der Waals surface area (Å²) in [4.78, 5) is 2.05. The zero-order valence-corrected chi connectivity index (χ0v) is 12.1. The molecule has 4 heteroatoms. The molecule has 0 saturated heterocycles. The predicted octanol–water partition coefficient (Wildman–Crippen LogP) is 2.33. The predicted molar refractivity (Wildman–Crippen MR) is 84.5 cm³/mol. The van der Waals surface area contributed by atoms with E-state index >= 15 is 0 Å². The fourth-order valence-corrected chi connectivity index (χ4v) is 2.24. The lowest BCUT2D eigenvalue weighted by Crippen LogP contribution is -2.44. The van der Waals surface area contributed by atoms with Crippen molar-refractivity contribution >= 4 is 22.3 Å². The molecule has 0 spiro atoms. The van der Waals surface area contributed by atoms with Crippen LogP contribution in [0.1, 0.15) is 19.4 Å². The Morgan fingerprint density at radius 2 is 1.80 bits per heavy atom. The Morgan fingerprint density at radius 1 is 1.20 bits per heavy atom. The zero-order chi connectivity index (χ0) is 14.9. The number of benzene rings is 2. The fourth-order valence-electron chi connectivity index (χ4n) is 2.24. The number of aliphatic hydroxyl groups excluding tert-OH is 1. The number of nitrogens with zero attached hydrogens (tertiary/aromatic N) is 1. The summed E-state index contributed by atoms with van der Waals surface area (Å²) in [5.74, 6) is 0.0665. The number of hydrogen-bond donors (Lipinski definition) is 3. The number of fused-ring (bicyclic) bond motifs is 1. The number of nitrogens with one attached hydrogen (secondary N) is 1. The number of amidine groups is 1. The molecule has 4 nitrogen and oxygen atoms in total. The molecule has 2 aromatic carbocycles. The second-order valence-corrected chi connectivity index (χ2v) is 5.62. The van der Waals surface area contributed by atoms with E-state index in [1.807, 2.05) is 57.3 Å². The van der Waals surface area contributed by atoms with E-state index in [0.717, 1.165) is 22.0 Å². The third-order valence-corrected chi connectivity index (χ3v) is 3.85. The van der Waals surface area contributed by atoms with Gasteiger partial charge >= 0.3 is 0 Å². The van der Waals surface area contributed by atoms with E-state index in [4.69, 9.17) is 11.1 Å². The van der Waals surface area contributed by atoms with Crippen LogP contribution in [-0.4, -0.2) is 30.1 Å². The van der Waals surface area contributed by atoms with Crippen molar-refractivity contribution in [2.24, 2.45) is 5.73 Å². The molecule has 20 heavy (non-hydrogen) atoms. The Kier molecular flexibility index (Phi) is 3.68. The van der Waals surface area contributed by atoms with Gasteiger partial charge in [-0.25, -0.2) is 0 Å². The summed E-state index contributed by atoms with van der Waals surface area (Å²) in [5.41, 5.74) is 7.04. The number of nitrogen functional groups attached to an aromatic ring is 1. The average Bonchev–Trinajstić information content (AvgIpc) is 2.45. The van der Waals surface area contributed by atoms with Crippen LogP contribution in [-0.2, 0) is 0 Å². The number of anilines is 1. The van der Waals surface area contributed by atoms with Gasteiger partial charge in [-0.3, -0.25) is 5.41 Å². The minimum atomic E-state index is -0.361. The van der Waals surface area contributed by atoms with E-state index in [1.54, 1.807) is 0 Å². The fraction of sp³-hybridized carbons (Fsp3) is 0.312. The molecule has 0 amide bonds. The van der Waals surface area contributed by atoms with Crippen LogP contribution in [0.2, 0.25) is 0 Å². The highest BCUT2D eigenvalue weighted by Crippen LogP contribution is 2.32. The highest BCUT2D eigenvalue weighted by molar-refractivity contribution is 6.10.